The van der Waals surface area contributed by atoms with Gasteiger partial charge in [-0.2, -0.15) is 8.42 Å². The third-order valence-electron chi connectivity index (χ3n) is 6.37. The lowest BCUT2D eigenvalue weighted by Gasteiger charge is -2.12. The highest BCUT2D eigenvalue weighted by Gasteiger charge is 2.19. The third kappa shape index (κ3) is 4.58. The zero-order chi connectivity index (χ0) is 28.0. The first kappa shape index (κ1) is 25.6. The van der Waals surface area contributed by atoms with Gasteiger partial charge < -0.3 is 9.66 Å². The molecule has 0 spiro atoms. The average Bonchev–Trinajstić information content (AvgIpc) is 2.96. The molecule has 6 aromatic rings. The maximum absolute atomic E-state index is 11.8. The molecular weight excluding hydrogens is 552 g/mol. The van der Waals surface area contributed by atoms with Gasteiger partial charge in [0.2, 0.25) is 0 Å². The predicted molar refractivity (Wildman–Crippen MR) is 151 cm³/mol. The fourth-order valence-electron chi connectivity index (χ4n) is 4.48. The summed E-state index contributed by atoms with van der Waals surface area (Å²) < 4.78 is 54.7. The van der Waals surface area contributed by atoms with Crippen LogP contribution in [-0.4, -0.2) is 36.8 Å². The molecule has 0 saturated heterocycles. The van der Waals surface area contributed by atoms with Crippen LogP contribution < -0.4 is 0 Å². The summed E-state index contributed by atoms with van der Waals surface area (Å²) in [6.45, 7) is 0. The Bertz CT molecular complexity index is 2140. The number of benzene rings is 5. The van der Waals surface area contributed by atoms with E-state index in [0.29, 0.717) is 32.9 Å². The zero-order valence-electron chi connectivity index (χ0n) is 20.3. The summed E-state index contributed by atoms with van der Waals surface area (Å²) in [5, 5.41) is 21.9. The Morgan fingerprint density at radius 2 is 1.43 bits per heavy atom. The largest absolute Gasteiger partial charge is 0.505 e. The van der Waals surface area contributed by atoms with Crippen molar-refractivity contribution in [2.24, 2.45) is 10.2 Å². The van der Waals surface area contributed by atoms with Gasteiger partial charge in [0.25, 0.3) is 10.1 Å². The molecule has 0 aliphatic heterocycles. The number of phenolic OH excluding ortho intramolecular Hbond substituents is 1. The van der Waals surface area contributed by atoms with Crippen molar-refractivity contribution in [1.82, 2.24) is 9.97 Å². The molecule has 0 bridgehead atoms. The van der Waals surface area contributed by atoms with E-state index in [1.165, 1.54) is 24.3 Å². The number of hydrogen-bond donors (Lipinski definition) is 3. The van der Waals surface area contributed by atoms with Crippen LogP contribution in [0.2, 0.25) is 0 Å². The normalized spacial score (nSPS) is 12.9. The molecule has 0 aliphatic rings. The van der Waals surface area contributed by atoms with Crippen molar-refractivity contribution in [1.29, 1.82) is 0 Å². The highest BCUT2D eigenvalue weighted by molar-refractivity contribution is 7.85. The van der Waals surface area contributed by atoms with E-state index in [-0.39, 0.29) is 21.8 Å². The molecule has 1 aromatic heterocycles. The number of aromatic hydroxyl groups is 1. The van der Waals surface area contributed by atoms with Crippen LogP contribution in [0.1, 0.15) is 0 Å². The van der Waals surface area contributed by atoms with Crippen molar-refractivity contribution >= 4 is 65.2 Å². The molecule has 5 aromatic carbocycles. The Balaban J connectivity index is 1.63. The number of aromatic nitrogens is 2. The van der Waals surface area contributed by atoms with Crippen molar-refractivity contribution in [2.75, 3.05) is 0 Å². The third-order valence-corrected chi connectivity index (χ3v) is 7.87. The van der Waals surface area contributed by atoms with Crippen LogP contribution in [-0.2, 0) is 21.2 Å². The molecule has 0 aliphatic carbocycles. The lowest BCUT2D eigenvalue weighted by Crippen LogP contribution is -1.97. The number of fused-ring (bicyclic) bond motifs is 4. The Kier molecular flexibility index (Phi) is 6.31. The van der Waals surface area contributed by atoms with E-state index in [1.807, 2.05) is 42.5 Å². The Morgan fingerprint density at radius 3 is 2.17 bits per heavy atom. The van der Waals surface area contributed by atoms with Crippen LogP contribution in [0.15, 0.2) is 111 Å². The zero-order valence-corrected chi connectivity index (χ0v) is 22.0. The van der Waals surface area contributed by atoms with Gasteiger partial charge in [0.05, 0.1) is 15.3 Å². The molecule has 0 fully saturated rings. The molecule has 12 heteroatoms. The van der Waals surface area contributed by atoms with Gasteiger partial charge >= 0.3 is 0 Å². The summed E-state index contributed by atoms with van der Waals surface area (Å²) in [7, 11) is -4.56. The summed E-state index contributed by atoms with van der Waals surface area (Å²) in [5.74, 6) is 0.196. The van der Waals surface area contributed by atoms with Crippen molar-refractivity contribution in [3.63, 3.8) is 0 Å². The smallest absolute Gasteiger partial charge is 0.294 e. The van der Waals surface area contributed by atoms with E-state index in [1.54, 1.807) is 18.2 Å². The molecule has 198 valence electrons. The van der Waals surface area contributed by atoms with Gasteiger partial charge in [-0.15, -0.1) is 10.2 Å². The van der Waals surface area contributed by atoms with Crippen LogP contribution >= 0.6 is 0 Å². The minimum Gasteiger partial charge on any atom is -0.505 e. The molecule has 1 unspecified atom stereocenters. The second-order valence-electron chi connectivity index (χ2n) is 8.79. The van der Waals surface area contributed by atoms with Gasteiger partial charge in [-0.3, -0.25) is 4.55 Å². The van der Waals surface area contributed by atoms with Gasteiger partial charge in [-0.05, 0) is 47.2 Å². The molecule has 0 saturated carbocycles. The lowest BCUT2D eigenvalue weighted by atomic mass is 9.99. The number of para-hydroxylation sites is 1. The Hall–Kier alpha value is -4.62. The van der Waals surface area contributed by atoms with Gasteiger partial charge in [0, 0.05) is 21.7 Å². The van der Waals surface area contributed by atoms with E-state index in [4.69, 9.17) is 0 Å². The summed E-state index contributed by atoms with van der Waals surface area (Å²) in [5.41, 5.74) is 1.30. The number of phenols is 1. The molecular formula is C28H18N4O6S2. The fourth-order valence-corrected chi connectivity index (χ4v) is 5.39. The van der Waals surface area contributed by atoms with Gasteiger partial charge in [-0.25, -0.2) is 14.2 Å². The van der Waals surface area contributed by atoms with Crippen molar-refractivity contribution in [3.05, 3.63) is 91.0 Å². The number of nitrogens with zero attached hydrogens (tertiary/aromatic N) is 4. The van der Waals surface area contributed by atoms with Crippen molar-refractivity contribution < 1.29 is 26.8 Å². The van der Waals surface area contributed by atoms with Crippen LogP contribution in [0, 0.1) is 0 Å². The number of rotatable bonds is 5. The molecule has 0 amide bonds. The molecule has 40 heavy (non-hydrogen) atoms. The number of hydrogen-bond acceptors (Lipinski definition) is 8. The molecule has 0 radical (unpaired) electrons. The standard InChI is InChI=1S/C28H18N4O6S2/c33-26-23-15-18(40(36,37)38)11-13-20(23)19-12-10-17(39(34)35)14-22(19)25(26)31-32-28-21-8-4-5-9-24(21)29-27(30-28)16-6-2-1-3-7-16/h1-15,33H,(H,34,35)(H,36,37,38). The van der Waals surface area contributed by atoms with Gasteiger partial charge in [0.15, 0.2) is 28.5 Å². The summed E-state index contributed by atoms with van der Waals surface area (Å²) in [6.07, 6.45) is 0. The van der Waals surface area contributed by atoms with Crippen molar-refractivity contribution in [2.45, 2.75) is 9.79 Å². The van der Waals surface area contributed by atoms with Crippen LogP contribution in [0.4, 0.5) is 11.5 Å². The van der Waals surface area contributed by atoms with Crippen LogP contribution in [0.25, 0.3) is 43.8 Å². The predicted octanol–water partition coefficient (Wildman–Crippen LogP) is 6.55. The van der Waals surface area contributed by atoms with Gasteiger partial charge in [-0.1, -0.05) is 54.6 Å². The number of azo groups is 1. The van der Waals surface area contributed by atoms with E-state index in [0.717, 1.165) is 11.6 Å². The quantitative estimate of drug-likeness (QED) is 0.0909. The van der Waals surface area contributed by atoms with Gasteiger partial charge in [0.1, 0.15) is 5.69 Å². The fraction of sp³-hybridized carbons (Fsp3) is 0. The highest BCUT2D eigenvalue weighted by Crippen LogP contribution is 2.45. The lowest BCUT2D eigenvalue weighted by molar-refractivity contribution is 0.482. The minimum atomic E-state index is -4.56. The van der Waals surface area contributed by atoms with E-state index >= 15 is 0 Å². The maximum atomic E-state index is 11.8. The minimum absolute atomic E-state index is 0.0658. The Morgan fingerprint density at radius 1 is 0.725 bits per heavy atom. The Labute approximate surface area is 229 Å². The topological polar surface area (TPSA) is 162 Å². The first-order chi connectivity index (χ1) is 19.2. The first-order valence-corrected chi connectivity index (χ1v) is 14.3. The van der Waals surface area contributed by atoms with E-state index < -0.39 is 31.8 Å². The van der Waals surface area contributed by atoms with Crippen LogP contribution in [0.3, 0.4) is 0 Å². The summed E-state index contributed by atoms with van der Waals surface area (Å²) in [4.78, 5) is 8.87. The monoisotopic (exact) mass is 570 g/mol. The second-order valence-corrected chi connectivity index (χ2v) is 11.2. The highest BCUT2D eigenvalue weighted by atomic mass is 32.2. The molecule has 1 atom stereocenters. The second kappa shape index (κ2) is 9.84. The van der Waals surface area contributed by atoms with Crippen molar-refractivity contribution in [3.8, 4) is 17.1 Å². The van der Waals surface area contributed by atoms with E-state index in [9.17, 15) is 26.8 Å². The average molecular weight is 571 g/mol. The molecule has 1 heterocycles. The molecule has 10 nitrogen and oxygen atoms in total. The molecule has 3 N–H and O–H groups in total. The summed E-state index contributed by atoms with van der Waals surface area (Å²) >= 11 is -2.32. The first-order valence-electron chi connectivity index (χ1n) is 11.8. The summed E-state index contributed by atoms with van der Waals surface area (Å²) in [6, 6.07) is 24.7. The van der Waals surface area contributed by atoms with Crippen LogP contribution in [0.5, 0.6) is 5.75 Å². The maximum Gasteiger partial charge on any atom is 0.294 e. The molecule has 6 rings (SSSR count). The SMILES string of the molecule is O=S(O)c1ccc2c(c1)c(N=Nc1nc(-c3ccccc3)nc3ccccc13)c(O)c1cc(S(=O)(=O)O)ccc12. The van der Waals surface area contributed by atoms with E-state index in [2.05, 4.69) is 20.2 Å².